The summed E-state index contributed by atoms with van der Waals surface area (Å²) in [5.74, 6) is 0. The maximum absolute atomic E-state index is 13.1. The fraction of sp³-hybridized carbons (Fsp3) is 0.111. The highest BCUT2D eigenvalue weighted by atomic mass is 35.5. The molecule has 1 N–H and O–H groups in total. The number of fused-ring (bicyclic) bond motifs is 2. The van der Waals surface area contributed by atoms with Gasteiger partial charge in [0.05, 0.1) is 11.3 Å². The minimum Gasteiger partial charge on any atom is -0.361 e. The first-order valence-electron chi connectivity index (χ1n) is 7.35. The number of H-pyrrole nitrogens is 1. The first-order valence-corrected chi connectivity index (χ1v) is 7.73. The molecule has 0 fully saturated rings. The summed E-state index contributed by atoms with van der Waals surface area (Å²) in [4.78, 5) is 4.95. The Balaban J connectivity index is 1.86. The number of hydrogen-bond acceptors (Lipinski definition) is 1. The lowest BCUT2D eigenvalue weighted by molar-refractivity contribution is -0.137. The normalized spacial score (nSPS) is 14.7. The predicted molar refractivity (Wildman–Crippen MR) is 90.6 cm³/mol. The smallest absolute Gasteiger partial charge is 0.361 e. The highest BCUT2D eigenvalue weighted by molar-refractivity contribution is 6.49. The first kappa shape index (κ1) is 15.1. The van der Waals surface area contributed by atoms with Crippen molar-refractivity contribution in [3.05, 3.63) is 65.9 Å². The van der Waals surface area contributed by atoms with E-state index in [9.17, 15) is 13.2 Å². The molecule has 6 heteroatoms. The van der Waals surface area contributed by atoms with Crippen molar-refractivity contribution in [1.82, 2.24) is 4.98 Å². The molecule has 0 amide bonds. The molecule has 0 aliphatic carbocycles. The molecule has 0 unspecified atom stereocenters. The molecule has 2 heterocycles. The zero-order chi connectivity index (χ0) is 16.9. The van der Waals surface area contributed by atoms with Gasteiger partial charge in [-0.05, 0) is 41.8 Å². The predicted octanol–water partition coefficient (Wildman–Crippen LogP) is 5.92. The van der Waals surface area contributed by atoms with Gasteiger partial charge in [-0.2, -0.15) is 13.2 Å². The summed E-state index contributed by atoms with van der Waals surface area (Å²) in [7, 11) is 0. The van der Waals surface area contributed by atoms with E-state index in [-0.39, 0.29) is 0 Å². The molecule has 3 aromatic rings. The van der Waals surface area contributed by atoms with Crippen LogP contribution in [0.3, 0.4) is 0 Å². The Morgan fingerprint density at radius 3 is 2.67 bits per heavy atom. The average Bonchev–Trinajstić information content (AvgIpc) is 3.01. The van der Waals surface area contributed by atoms with E-state index < -0.39 is 11.7 Å². The van der Waals surface area contributed by atoms with Crippen LogP contribution in [0, 0.1) is 0 Å². The molecule has 0 atom stereocenters. The molecule has 1 aliphatic rings. The molecule has 0 saturated heterocycles. The van der Waals surface area contributed by atoms with E-state index in [0.29, 0.717) is 22.8 Å². The molecule has 4 rings (SSSR count). The summed E-state index contributed by atoms with van der Waals surface area (Å²) in [5.41, 5.74) is 2.12. The van der Waals surface area contributed by atoms with Gasteiger partial charge in [0.15, 0.2) is 0 Å². The lowest BCUT2D eigenvalue weighted by atomic mass is 10.0. The van der Waals surface area contributed by atoms with E-state index >= 15 is 0 Å². The Morgan fingerprint density at radius 1 is 1.04 bits per heavy atom. The lowest BCUT2D eigenvalue weighted by Gasteiger charge is -2.30. The van der Waals surface area contributed by atoms with Crippen molar-refractivity contribution in [2.75, 3.05) is 11.4 Å². The van der Waals surface area contributed by atoms with Crippen molar-refractivity contribution in [2.45, 2.75) is 6.18 Å². The number of hydrogen-bond donors (Lipinski definition) is 1. The summed E-state index contributed by atoms with van der Waals surface area (Å²) in [6, 6.07) is 11.3. The van der Waals surface area contributed by atoms with Crippen molar-refractivity contribution in [3.63, 3.8) is 0 Å². The Hall–Kier alpha value is -2.40. The summed E-state index contributed by atoms with van der Waals surface area (Å²) < 4.78 is 39.2. The van der Waals surface area contributed by atoms with Crippen molar-refractivity contribution >= 4 is 38.9 Å². The van der Waals surface area contributed by atoms with Gasteiger partial charge in [-0.25, -0.2) is 0 Å². The zero-order valence-electron chi connectivity index (χ0n) is 12.4. The second-order valence-corrected chi connectivity index (χ2v) is 6.05. The topological polar surface area (TPSA) is 19.0 Å². The Labute approximate surface area is 141 Å². The molecular formula is C18H12ClF3N2. The maximum Gasteiger partial charge on any atom is 0.416 e. The van der Waals surface area contributed by atoms with Crippen LogP contribution in [0.5, 0.6) is 0 Å². The molecule has 0 radical (unpaired) electrons. The van der Waals surface area contributed by atoms with E-state index in [1.54, 1.807) is 6.08 Å². The summed E-state index contributed by atoms with van der Waals surface area (Å²) in [6.07, 6.45) is -0.759. The van der Waals surface area contributed by atoms with E-state index in [2.05, 4.69) is 4.98 Å². The minimum atomic E-state index is -4.39. The van der Waals surface area contributed by atoms with Crippen LogP contribution in [0.25, 0.3) is 15.9 Å². The standard InChI is InChI=1S/C18H12ClF3N2/c19-15-6-8-24(13-3-1-11-5-7-23-16(11)10-13)17-9-12(18(20,21)22)2-4-14(15)17/h1-7,9-10,23H,8H2. The highest BCUT2D eigenvalue weighted by Gasteiger charge is 2.32. The fourth-order valence-electron chi connectivity index (χ4n) is 2.96. The van der Waals surface area contributed by atoms with Crippen LogP contribution in [0.15, 0.2) is 54.7 Å². The molecule has 1 aliphatic heterocycles. The monoisotopic (exact) mass is 348 g/mol. The summed E-state index contributed by atoms with van der Waals surface area (Å²) in [5, 5.41) is 1.52. The van der Waals surface area contributed by atoms with Gasteiger partial charge in [-0.15, -0.1) is 0 Å². The molecule has 1 aromatic heterocycles. The number of alkyl halides is 3. The molecule has 0 spiro atoms. The second-order valence-electron chi connectivity index (χ2n) is 5.64. The van der Waals surface area contributed by atoms with Gasteiger partial charge in [-0.3, -0.25) is 0 Å². The van der Waals surface area contributed by atoms with Crippen LogP contribution in [-0.4, -0.2) is 11.5 Å². The number of rotatable bonds is 1. The Morgan fingerprint density at radius 2 is 1.88 bits per heavy atom. The van der Waals surface area contributed by atoms with Crippen molar-refractivity contribution in [3.8, 4) is 0 Å². The van der Waals surface area contributed by atoms with E-state index in [4.69, 9.17) is 11.6 Å². The second kappa shape index (κ2) is 5.31. The van der Waals surface area contributed by atoms with E-state index in [0.717, 1.165) is 28.7 Å². The number of nitrogens with zero attached hydrogens (tertiary/aromatic N) is 1. The maximum atomic E-state index is 13.1. The lowest BCUT2D eigenvalue weighted by Crippen LogP contribution is -2.22. The number of halogens is 4. The van der Waals surface area contributed by atoms with Crippen LogP contribution < -0.4 is 4.90 Å². The molecule has 0 saturated carbocycles. The third-order valence-electron chi connectivity index (χ3n) is 4.18. The summed E-state index contributed by atoms with van der Waals surface area (Å²) in [6.45, 7) is 0.416. The molecule has 122 valence electrons. The Kier molecular flexibility index (Phi) is 3.35. The van der Waals surface area contributed by atoms with Crippen molar-refractivity contribution < 1.29 is 13.2 Å². The number of aromatic nitrogens is 1. The van der Waals surface area contributed by atoms with Gasteiger partial charge in [0.1, 0.15) is 0 Å². The van der Waals surface area contributed by atoms with Gasteiger partial charge in [-0.1, -0.05) is 23.7 Å². The third kappa shape index (κ3) is 2.45. The number of anilines is 2. The van der Waals surface area contributed by atoms with Crippen LogP contribution in [0.4, 0.5) is 24.5 Å². The van der Waals surface area contributed by atoms with Crippen molar-refractivity contribution in [1.29, 1.82) is 0 Å². The third-order valence-corrected chi connectivity index (χ3v) is 4.53. The number of aromatic amines is 1. The van der Waals surface area contributed by atoms with Crippen LogP contribution in [-0.2, 0) is 6.18 Å². The van der Waals surface area contributed by atoms with Crippen LogP contribution in [0.1, 0.15) is 11.1 Å². The molecule has 2 nitrogen and oxygen atoms in total. The van der Waals surface area contributed by atoms with Crippen LogP contribution in [0.2, 0.25) is 0 Å². The number of benzene rings is 2. The highest BCUT2D eigenvalue weighted by Crippen LogP contribution is 2.41. The summed E-state index contributed by atoms with van der Waals surface area (Å²) >= 11 is 6.19. The van der Waals surface area contributed by atoms with Crippen molar-refractivity contribution in [2.24, 2.45) is 0 Å². The SMILES string of the molecule is FC(F)(F)c1ccc2c(c1)N(c1ccc3cc[nH]c3c1)CC=C2Cl. The first-order chi connectivity index (χ1) is 11.4. The van der Waals surface area contributed by atoms with E-state index in [1.807, 2.05) is 35.4 Å². The van der Waals surface area contributed by atoms with Crippen LogP contribution >= 0.6 is 11.6 Å². The van der Waals surface area contributed by atoms with E-state index in [1.165, 1.54) is 6.07 Å². The molecule has 0 bridgehead atoms. The zero-order valence-corrected chi connectivity index (χ0v) is 13.1. The average molecular weight is 349 g/mol. The Bertz CT molecular complexity index is 956. The number of nitrogens with one attached hydrogen (secondary N) is 1. The van der Waals surface area contributed by atoms with Gasteiger partial charge >= 0.3 is 6.18 Å². The van der Waals surface area contributed by atoms with Gasteiger partial charge in [0.2, 0.25) is 0 Å². The molecule has 24 heavy (non-hydrogen) atoms. The minimum absolute atomic E-state index is 0.416. The molecular weight excluding hydrogens is 337 g/mol. The van der Waals surface area contributed by atoms with Gasteiger partial charge in [0.25, 0.3) is 0 Å². The molecule has 2 aromatic carbocycles. The van der Waals surface area contributed by atoms with Gasteiger partial charge < -0.3 is 9.88 Å². The quantitative estimate of drug-likeness (QED) is 0.578. The fourth-order valence-corrected chi connectivity index (χ4v) is 3.19. The largest absolute Gasteiger partial charge is 0.416 e. The van der Waals surface area contributed by atoms with Gasteiger partial charge in [0, 0.05) is 34.5 Å².